The Bertz CT molecular complexity index is 1670. The lowest BCUT2D eigenvalue weighted by atomic mass is 10.0. The molecular formula is C25H19F3N6O2. The van der Waals surface area contributed by atoms with Crippen LogP contribution in [0.3, 0.4) is 0 Å². The molecule has 2 N–H and O–H groups in total. The Kier molecular flexibility index (Phi) is 4.79. The van der Waals surface area contributed by atoms with Crippen molar-refractivity contribution in [1.29, 1.82) is 0 Å². The summed E-state index contributed by atoms with van der Waals surface area (Å²) in [5.74, 6) is 0.473. The summed E-state index contributed by atoms with van der Waals surface area (Å²) < 4.78 is 45.8. The molecular weight excluding hydrogens is 473 g/mol. The first kappa shape index (κ1) is 22.1. The minimum atomic E-state index is -4.51. The van der Waals surface area contributed by atoms with Gasteiger partial charge in [-0.05, 0) is 32.0 Å². The van der Waals surface area contributed by atoms with Crippen molar-refractivity contribution >= 4 is 27.8 Å². The topological polar surface area (TPSA) is 97.7 Å². The molecule has 0 unspecified atom stereocenters. The monoisotopic (exact) mass is 492 g/mol. The second-order valence-electron chi connectivity index (χ2n) is 8.67. The van der Waals surface area contributed by atoms with Crippen LogP contribution in [-0.2, 0) is 6.18 Å². The van der Waals surface area contributed by atoms with E-state index in [0.29, 0.717) is 22.5 Å². The van der Waals surface area contributed by atoms with Gasteiger partial charge in [0, 0.05) is 27.6 Å². The van der Waals surface area contributed by atoms with Crippen molar-refractivity contribution in [3.63, 3.8) is 0 Å². The molecule has 0 aliphatic carbocycles. The zero-order chi connectivity index (χ0) is 25.2. The summed E-state index contributed by atoms with van der Waals surface area (Å²) in [4.78, 5) is 18.0. The summed E-state index contributed by atoms with van der Waals surface area (Å²) in [6, 6.07) is 12.6. The zero-order valence-corrected chi connectivity index (χ0v) is 19.1. The number of para-hydroxylation sites is 1. The number of pyridine rings is 1. The van der Waals surface area contributed by atoms with Gasteiger partial charge in [0.2, 0.25) is 0 Å². The molecule has 4 heterocycles. The highest BCUT2D eigenvalue weighted by molar-refractivity contribution is 6.08. The molecule has 5 aromatic rings. The number of nitrogens with zero attached hydrogens (tertiary/aromatic N) is 4. The van der Waals surface area contributed by atoms with Crippen LogP contribution in [0.1, 0.15) is 28.7 Å². The minimum Gasteiger partial charge on any atom is -0.491 e. The number of aryl methyl sites for hydroxylation is 2. The quantitative estimate of drug-likeness (QED) is 0.349. The van der Waals surface area contributed by atoms with E-state index in [9.17, 15) is 18.0 Å². The second-order valence-corrected chi connectivity index (χ2v) is 8.67. The highest BCUT2D eigenvalue weighted by atomic mass is 19.4. The average molecular weight is 492 g/mol. The molecule has 2 aromatic carbocycles. The van der Waals surface area contributed by atoms with Gasteiger partial charge in [-0.15, -0.1) is 0 Å². The van der Waals surface area contributed by atoms with Crippen molar-refractivity contribution in [2.45, 2.75) is 26.1 Å². The molecule has 182 valence electrons. The van der Waals surface area contributed by atoms with E-state index in [1.807, 2.05) is 43.2 Å². The summed E-state index contributed by atoms with van der Waals surface area (Å²) in [5, 5.41) is 14.9. The third kappa shape index (κ3) is 3.46. The number of halogens is 3. The van der Waals surface area contributed by atoms with Gasteiger partial charge in [0.1, 0.15) is 18.1 Å². The molecule has 0 bridgehead atoms. The van der Waals surface area contributed by atoms with Gasteiger partial charge in [0.05, 0.1) is 28.5 Å². The molecule has 8 nitrogen and oxygen atoms in total. The molecule has 1 atom stereocenters. The van der Waals surface area contributed by atoms with E-state index in [1.165, 1.54) is 4.68 Å². The van der Waals surface area contributed by atoms with Crippen LogP contribution in [0.15, 0.2) is 48.5 Å². The number of hydrogen-bond donors (Lipinski definition) is 2. The maximum atomic E-state index is 13.4. The van der Waals surface area contributed by atoms with Gasteiger partial charge in [0.15, 0.2) is 0 Å². The Labute approximate surface area is 202 Å². The minimum absolute atomic E-state index is 0.149. The number of fused-ring (bicyclic) bond motifs is 4. The standard InChI is InChI=1S/C25H19F3N6O2/c1-12-22-13(2)33-34(23(22)16-5-3-4-6-17(16)29-12)24(35)30-19-11-36-20-9-14(7-8-15(19)20)18-10-21(32-31-18)25(26,27)28/h3-10,19H,11H2,1-2H3,(H,30,35)(H,31,32)/t19-/m1/s1. The number of rotatable bonds is 2. The van der Waals surface area contributed by atoms with E-state index >= 15 is 0 Å². The molecule has 1 amide bonds. The van der Waals surface area contributed by atoms with Crippen LogP contribution >= 0.6 is 0 Å². The van der Waals surface area contributed by atoms with Crippen molar-refractivity contribution < 1.29 is 22.7 Å². The first-order valence-electron chi connectivity index (χ1n) is 11.2. The van der Waals surface area contributed by atoms with Crippen molar-refractivity contribution in [2.24, 2.45) is 0 Å². The Morgan fingerprint density at radius 2 is 1.94 bits per heavy atom. The fourth-order valence-corrected chi connectivity index (χ4v) is 4.68. The zero-order valence-electron chi connectivity index (χ0n) is 19.1. The number of benzene rings is 2. The first-order chi connectivity index (χ1) is 17.2. The molecule has 3 aromatic heterocycles. The van der Waals surface area contributed by atoms with E-state index in [4.69, 9.17) is 4.74 Å². The maximum Gasteiger partial charge on any atom is 0.432 e. The normalized spacial score (nSPS) is 15.3. The Balaban J connectivity index is 1.31. The number of hydrogen-bond acceptors (Lipinski definition) is 5. The molecule has 36 heavy (non-hydrogen) atoms. The molecule has 0 fully saturated rings. The number of aromatic nitrogens is 5. The average Bonchev–Trinajstić information content (AvgIpc) is 3.56. The van der Waals surface area contributed by atoms with Gasteiger partial charge >= 0.3 is 12.2 Å². The number of H-pyrrole nitrogens is 1. The first-order valence-corrected chi connectivity index (χ1v) is 11.2. The number of amides is 1. The highest BCUT2D eigenvalue weighted by Gasteiger charge is 2.33. The predicted molar refractivity (Wildman–Crippen MR) is 126 cm³/mol. The smallest absolute Gasteiger partial charge is 0.432 e. The lowest BCUT2D eigenvalue weighted by Crippen LogP contribution is -2.33. The highest BCUT2D eigenvalue weighted by Crippen LogP contribution is 2.37. The number of alkyl halides is 3. The molecule has 1 aliphatic rings. The fraction of sp³-hybridized carbons (Fsp3) is 0.200. The lowest BCUT2D eigenvalue weighted by molar-refractivity contribution is -0.141. The van der Waals surface area contributed by atoms with E-state index in [1.54, 1.807) is 18.2 Å². The summed E-state index contributed by atoms with van der Waals surface area (Å²) in [6.45, 7) is 3.91. The molecule has 0 saturated carbocycles. The fourth-order valence-electron chi connectivity index (χ4n) is 4.68. The molecule has 0 spiro atoms. The van der Waals surface area contributed by atoms with Crippen molar-refractivity contribution in [3.8, 4) is 17.0 Å². The third-order valence-corrected chi connectivity index (χ3v) is 6.33. The van der Waals surface area contributed by atoms with Crippen LogP contribution in [0, 0.1) is 13.8 Å². The van der Waals surface area contributed by atoms with Crippen LogP contribution in [0.25, 0.3) is 33.1 Å². The number of ether oxygens (including phenoxy) is 1. The third-order valence-electron chi connectivity index (χ3n) is 6.33. The Morgan fingerprint density at radius 1 is 1.14 bits per heavy atom. The number of aromatic amines is 1. The van der Waals surface area contributed by atoms with Crippen LogP contribution in [-0.4, -0.2) is 37.6 Å². The number of carbonyl (C=O) groups excluding carboxylic acids is 1. The van der Waals surface area contributed by atoms with Crippen molar-refractivity contribution in [2.75, 3.05) is 6.61 Å². The van der Waals surface area contributed by atoms with Crippen LogP contribution in [0.4, 0.5) is 18.0 Å². The van der Waals surface area contributed by atoms with Gasteiger partial charge in [-0.2, -0.15) is 28.1 Å². The second kappa shape index (κ2) is 7.80. The summed E-state index contributed by atoms with van der Waals surface area (Å²) in [7, 11) is 0. The molecule has 11 heteroatoms. The molecule has 0 radical (unpaired) electrons. The maximum absolute atomic E-state index is 13.4. The van der Waals surface area contributed by atoms with Gasteiger partial charge in [-0.1, -0.05) is 30.3 Å². The van der Waals surface area contributed by atoms with Crippen LogP contribution < -0.4 is 10.1 Å². The Morgan fingerprint density at radius 3 is 2.72 bits per heavy atom. The van der Waals surface area contributed by atoms with E-state index in [0.717, 1.165) is 33.6 Å². The van der Waals surface area contributed by atoms with Crippen molar-refractivity contribution in [3.05, 3.63) is 71.2 Å². The Hall–Kier alpha value is -4.41. The van der Waals surface area contributed by atoms with Crippen molar-refractivity contribution in [1.82, 2.24) is 30.3 Å². The van der Waals surface area contributed by atoms with Gasteiger partial charge < -0.3 is 10.1 Å². The van der Waals surface area contributed by atoms with E-state index in [-0.39, 0.29) is 12.3 Å². The largest absolute Gasteiger partial charge is 0.491 e. The molecule has 6 rings (SSSR count). The van der Waals surface area contributed by atoms with Crippen LogP contribution in [0.2, 0.25) is 0 Å². The summed E-state index contributed by atoms with van der Waals surface area (Å²) in [6.07, 6.45) is -4.51. The van der Waals surface area contributed by atoms with Gasteiger partial charge in [0.25, 0.3) is 0 Å². The number of nitrogens with one attached hydrogen (secondary N) is 2. The predicted octanol–water partition coefficient (Wildman–Crippen LogP) is 5.30. The SMILES string of the molecule is Cc1nc2ccccc2c2c1c(C)nn2C(=O)N[C@@H]1COc2cc(-c3cc(C(F)(F)F)[nH]n3)ccc21. The van der Waals surface area contributed by atoms with E-state index < -0.39 is 23.9 Å². The summed E-state index contributed by atoms with van der Waals surface area (Å²) in [5.41, 5.74) is 3.34. The summed E-state index contributed by atoms with van der Waals surface area (Å²) >= 11 is 0. The van der Waals surface area contributed by atoms with Gasteiger partial charge in [-0.3, -0.25) is 10.1 Å². The lowest BCUT2D eigenvalue weighted by Gasteiger charge is -2.13. The van der Waals surface area contributed by atoms with E-state index in [2.05, 4.69) is 20.5 Å². The molecule has 1 aliphatic heterocycles. The van der Waals surface area contributed by atoms with Crippen LogP contribution in [0.5, 0.6) is 5.75 Å². The molecule has 0 saturated heterocycles. The van der Waals surface area contributed by atoms with Gasteiger partial charge in [-0.25, -0.2) is 4.79 Å². The number of carbonyl (C=O) groups is 1.